The van der Waals surface area contributed by atoms with Crippen molar-refractivity contribution in [1.29, 1.82) is 0 Å². The number of aryl methyl sites for hydroxylation is 1. The maximum absolute atomic E-state index is 12.4. The number of piperidine rings is 1. The summed E-state index contributed by atoms with van der Waals surface area (Å²) in [6, 6.07) is 5.48. The van der Waals surface area contributed by atoms with Gasteiger partial charge in [0.05, 0.1) is 5.60 Å². The van der Waals surface area contributed by atoms with Crippen molar-refractivity contribution in [2.45, 2.75) is 25.4 Å². The highest BCUT2D eigenvalue weighted by atomic mass is 16.3. The fraction of sp³-hybridized carbons (Fsp3) is 0.444. The Morgan fingerprint density at radius 3 is 3.00 bits per heavy atom. The molecule has 2 aromatic rings. The summed E-state index contributed by atoms with van der Waals surface area (Å²) in [7, 11) is 1.80. The van der Waals surface area contributed by atoms with Gasteiger partial charge in [0.1, 0.15) is 23.7 Å². The van der Waals surface area contributed by atoms with Gasteiger partial charge >= 0.3 is 0 Å². The van der Waals surface area contributed by atoms with Gasteiger partial charge in [-0.15, -0.1) is 0 Å². The van der Waals surface area contributed by atoms with E-state index in [1.807, 2.05) is 24.0 Å². The SMILES string of the molecule is CNc1cc(N2CCCC(O)(CNC(=O)c3ncccc3C)C2)ncn1. The second kappa shape index (κ2) is 7.65. The third kappa shape index (κ3) is 4.08. The second-order valence-electron chi connectivity index (χ2n) is 6.61. The molecule has 2 aromatic heterocycles. The summed E-state index contributed by atoms with van der Waals surface area (Å²) in [6.45, 7) is 3.21. The zero-order valence-corrected chi connectivity index (χ0v) is 15.1. The highest BCUT2D eigenvalue weighted by Crippen LogP contribution is 2.25. The minimum absolute atomic E-state index is 0.169. The van der Waals surface area contributed by atoms with E-state index in [1.54, 1.807) is 19.3 Å². The number of carbonyl (C=O) groups excluding carboxylic acids is 1. The maximum atomic E-state index is 12.4. The van der Waals surface area contributed by atoms with Gasteiger partial charge in [-0.3, -0.25) is 9.78 Å². The Kier molecular flexibility index (Phi) is 5.32. The fourth-order valence-corrected chi connectivity index (χ4v) is 3.16. The zero-order valence-electron chi connectivity index (χ0n) is 15.1. The zero-order chi connectivity index (χ0) is 18.6. The number of pyridine rings is 1. The Balaban J connectivity index is 1.65. The van der Waals surface area contributed by atoms with Gasteiger partial charge in [-0.1, -0.05) is 6.07 Å². The lowest BCUT2D eigenvalue weighted by Gasteiger charge is -2.39. The van der Waals surface area contributed by atoms with Crippen LogP contribution in [0.2, 0.25) is 0 Å². The van der Waals surface area contributed by atoms with E-state index in [9.17, 15) is 9.90 Å². The molecule has 8 heteroatoms. The molecule has 0 bridgehead atoms. The van der Waals surface area contributed by atoms with Gasteiger partial charge in [0, 0.05) is 38.9 Å². The first-order valence-corrected chi connectivity index (χ1v) is 8.68. The molecule has 0 radical (unpaired) electrons. The minimum Gasteiger partial charge on any atom is -0.386 e. The quantitative estimate of drug-likeness (QED) is 0.734. The highest BCUT2D eigenvalue weighted by molar-refractivity contribution is 5.93. The number of aromatic nitrogens is 3. The smallest absolute Gasteiger partial charge is 0.270 e. The maximum Gasteiger partial charge on any atom is 0.270 e. The highest BCUT2D eigenvalue weighted by Gasteiger charge is 2.34. The van der Waals surface area contributed by atoms with E-state index in [2.05, 4.69) is 25.6 Å². The molecule has 0 aliphatic carbocycles. The molecule has 1 atom stereocenters. The summed E-state index contributed by atoms with van der Waals surface area (Å²) in [5.41, 5.74) is 0.183. The molecule has 0 aromatic carbocycles. The minimum atomic E-state index is -1.01. The van der Waals surface area contributed by atoms with E-state index < -0.39 is 5.60 Å². The topological polar surface area (TPSA) is 103 Å². The molecule has 3 heterocycles. The molecule has 0 saturated carbocycles. The molecule has 1 amide bonds. The van der Waals surface area contributed by atoms with E-state index in [4.69, 9.17) is 0 Å². The van der Waals surface area contributed by atoms with Gasteiger partial charge < -0.3 is 20.6 Å². The van der Waals surface area contributed by atoms with Crippen molar-refractivity contribution in [3.63, 3.8) is 0 Å². The Bertz CT molecular complexity index is 784. The molecule has 3 rings (SSSR count). The lowest BCUT2D eigenvalue weighted by molar-refractivity contribution is 0.0253. The van der Waals surface area contributed by atoms with E-state index in [0.29, 0.717) is 18.7 Å². The monoisotopic (exact) mass is 356 g/mol. The number of aliphatic hydroxyl groups is 1. The number of nitrogens with one attached hydrogen (secondary N) is 2. The number of anilines is 2. The van der Waals surface area contributed by atoms with Crippen LogP contribution in [0.5, 0.6) is 0 Å². The summed E-state index contributed by atoms with van der Waals surface area (Å²) < 4.78 is 0. The van der Waals surface area contributed by atoms with Crippen molar-refractivity contribution < 1.29 is 9.90 Å². The molecular weight excluding hydrogens is 332 g/mol. The molecule has 1 unspecified atom stereocenters. The third-order valence-electron chi connectivity index (χ3n) is 4.59. The van der Waals surface area contributed by atoms with Crippen LogP contribution < -0.4 is 15.5 Å². The van der Waals surface area contributed by atoms with Crippen LogP contribution >= 0.6 is 0 Å². The molecule has 3 N–H and O–H groups in total. The molecule has 1 aliphatic rings. The predicted molar refractivity (Wildman–Crippen MR) is 99.3 cm³/mol. The van der Waals surface area contributed by atoms with Gasteiger partial charge in [0.25, 0.3) is 5.91 Å². The van der Waals surface area contributed by atoms with Gasteiger partial charge in [0.15, 0.2) is 0 Å². The van der Waals surface area contributed by atoms with Crippen LogP contribution in [0, 0.1) is 6.92 Å². The van der Waals surface area contributed by atoms with E-state index in [-0.39, 0.29) is 12.5 Å². The van der Waals surface area contributed by atoms with Crippen LogP contribution in [0.3, 0.4) is 0 Å². The van der Waals surface area contributed by atoms with Crippen molar-refractivity contribution >= 4 is 17.5 Å². The largest absolute Gasteiger partial charge is 0.386 e. The number of amides is 1. The van der Waals surface area contributed by atoms with Crippen LogP contribution in [-0.2, 0) is 0 Å². The number of carbonyl (C=O) groups is 1. The summed E-state index contributed by atoms with van der Waals surface area (Å²) >= 11 is 0. The molecule has 26 heavy (non-hydrogen) atoms. The average molecular weight is 356 g/mol. The summed E-state index contributed by atoms with van der Waals surface area (Å²) in [4.78, 5) is 26.9. The van der Waals surface area contributed by atoms with E-state index in [0.717, 1.165) is 30.2 Å². The third-order valence-corrected chi connectivity index (χ3v) is 4.59. The number of rotatable bonds is 5. The first-order valence-electron chi connectivity index (χ1n) is 8.68. The number of β-amino-alcohol motifs (C(OH)–C–C–N with tert-alkyl or cyclic N) is 1. The first-order chi connectivity index (χ1) is 12.5. The molecular formula is C18H24N6O2. The predicted octanol–water partition coefficient (Wildman–Crippen LogP) is 0.983. The second-order valence-corrected chi connectivity index (χ2v) is 6.61. The molecule has 1 aliphatic heterocycles. The Labute approximate surface area is 152 Å². The van der Waals surface area contributed by atoms with Crippen LogP contribution in [0.25, 0.3) is 0 Å². The van der Waals surface area contributed by atoms with E-state index >= 15 is 0 Å². The summed E-state index contributed by atoms with van der Waals surface area (Å²) in [5.74, 6) is 1.21. The standard InChI is InChI=1S/C18H24N6O2/c1-13-5-3-7-20-16(13)17(25)21-10-18(26)6-4-8-24(11-18)15-9-14(19-2)22-12-23-15/h3,5,7,9,12,26H,4,6,8,10-11H2,1-2H3,(H,21,25)(H,19,22,23). The molecule has 1 fully saturated rings. The average Bonchev–Trinajstić information content (AvgIpc) is 2.67. The first kappa shape index (κ1) is 18.1. The summed E-state index contributed by atoms with van der Waals surface area (Å²) in [6.07, 6.45) is 4.52. The van der Waals surface area contributed by atoms with Gasteiger partial charge in [-0.05, 0) is 31.4 Å². The number of nitrogens with zero attached hydrogens (tertiary/aromatic N) is 4. The van der Waals surface area contributed by atoms with Crippen molar-refractivity contribution in [1.82, 2.24) is 20.3 Å². The van der Waals surface area contributed by atoms with Crippen molar-refractivity contribution in [3.05, 3.63) is 42.0 Å². The lowest BCUT2D eigenvalue weighted by Crippen LogP contribution is -2.54. The Hall–Kier alpha value is -2.74. The number of hydrogen-bond donors (Lipinski definition) is 3. The lowest BCUT2D eigenvalue weighted by atomic mass is 9.92. The van der Waals surface area contributed by atoms with Crippen LogP contribution in [0.1, 0.15) is 28.9 Å². The van der Waals surface area contributed by atoms with Crippen molar-refractivity contribution in [2.75, 3.05) is 36.9 Å². The van der Waals surface area contributed by atoms with Crippen molar-refractivity contribution in [2.24, 2.45) is 0 Å². The number of hydrogen-bond acceptors (Lipinski definition) is 7. The van der Waals surface area contributed by atoms with Crippen LogP contribution in [0.4, 0.5) is 11.6 Å². The molecule has 1 saturated heterocycles. The van der Waals surface area contributed by atoms with Gasteiger partial charge in [-0.25, -0.2) is 9.97 Å². The van der Waals surface area contributed by atoms with E-state index in [1.165, 1.54) is 6.33 Å². The normalized spacial score (nSPS) is 19.9. The van der Waals surface area contributed by atoms with Crippen molar-refractivity contribution in [3.8, 4) is 0 Å². The summed E-state index contributed by atoms with van der Waals surface area (Å²) in [5, 5.41) is 16.8. The Morgan fingerprint density at radius 1 is 1.38 bits per heavy atom. The van der Waals surface area contributed by atoms with Gasteiger partial charge in [0.2, 0.25) is 0 Å². The molecule has 138 valence electrons. The Morgan fingerprint density at radius 2 is 2.23 bits per heavy atom. The fourth-order valence-electron chi connectivity index (χ4n) is 3.16. The molecule has 0 spiro atoms. The van der Waals surface area contributed by atoms with Crippen LogP contribution in [0.15, 0.2) is 30.7 Å². The molecule has 8 nitrogen and oxygen atoms in total. The van der Waals surface area contributed by atoms with Gasteiger partial charge in [-0.2, -0.15) is 0 Å². The van der Waals surface area contributed by atoms with Crippen LogP contribution in [-0.4, -0.2) is 58.2 Å².